The number of nitrogen functional groups attached to an aromatic ring is 1. The number of halogens is 1. The molecular weight excluding hydrogens is 660 g/mol. The van der Waals surface area contributed by atoms with Gasteiger partial charge in [0.15, 0.2) is 5.82 Å². The monoisotopic (exact) mass is 715 g/mol. The summed E-state index contributed by atoms with van der Waals surface area (Å²) in [4.78, 5) is 14.6. The normalized spacial score (nSPS) is 17.3. The number of aromatic nitrogens is 3. The molecule has 4 unspecified atom stereocenters. The summed E-state index contributed by atoms with van der Waals surface area (Å²) in [5.41, 5.74) is 8.33. The predicted octanol–water partition coefficient (Wildman–Crippen LogP) is 8.49. The number of unbranched alkanes of at least 4 members (excludes halogenated alkanes) is 12. The summed E-state index contributed by atoms with van der Waals surface area (Å²) >= 11 is 0. The minimum atomic E-state index is -2.20. The van der Waals surface area contributed by atoms with Gasteiger partial charge in [-0.1, -0.05) is 84.0 Å². The van der Waals surface area contributed by atoms with Gasteiger partial charge in [-0.15, -0.1) is 0 Å². The largest absolute Gasteiger partial charge is 0.382 e. The zero-order valence-electron chi connectivity index (χ0n) is 29.5. The fourth-order valence-electron chi connectivity index (χ4n) is 6.19. The lowest BCUT2D eigenvalue weighted by molar-refractivity contribution is -0.0493. The van der Waals surface area contributed by atoms with Gasteiger partial charge in [-0.25, -0.2) is 13.9 Å². The number of ether oxygens (including phenoxy) is 3. The van der Waals surface area contributed by atoms with E-state index in [9.17, 15) is 14.5 Å². The van der Waals surface area contributed by atoms with Gasteiger partial charge in [-0.05, 0) is 55.2 Å². The quantitative estimate of drug-likeness (QED) is 0.0613. The Morgan fingerprint density at radius 1 is 1.00 bits per heavy atom. The summed E-state index contributed by atoms with van der Waals surface area (Å²) in [5, 5.41) is 13.5. The topological polar surface area (TPSA) is 146 Å². The van der Waals surface area contributed by atoms with Crippen LogP contribution in [0.3, 0.4) is 0 Å². The third-order valence-electron chi connectivity index (χ3n) is 8.96. The first-order valence-corrected chi connectivity index (χ1v) is 19.5. The van der Waals surface area contributed by atoms with Gasteiger partial charge in [0.2, 0.25) is 0 Å². The minimum Gasteiger partial charge on any atom is -0.382 e. The van der Waals surface area contributed by atoms with Crippen LogP contribution in [0.5, 0.6) is 0 Å². The highest BCUT2D eigenvalue weighted by molar-refractivity contribution is 7.40. The highest BCUT2D eigenvalue weighted by Gasteiger charge is 2.30. The van der Waals surface area contributed by atoms with Gasteiger partial charge < -0.3 is 33.9 Å². The number of nitrogens with zero attached hydrogens (tertiary/aromatic N) is 4. The van der Waals surface area contributed by atoms with Crippen molar-refractivity contribution in [2.45, 2.75) is 128 Å². The maximum atomic E-state index is 14.0. The number of hydrogen-bond acceptors (Lipinski definition) is 10. The van der Waals surface area contributed by atoms with Crippen LogP contribution in [0.2, 0.25) is 0 Å². The minimum absolute atomic E-state index is 0.0205. The first-order chi connectivity index (χ1) is 24.5. The van der Waals surface area contributed by atoms with E-state index < -0.39 is 20.5 Å². The van der Waals surface area contributed by atoms with Crippen molar-refractivity contribution in [3.8, 4) is 6.07 Å². The molecule has 0 bridgehead atoms. The van der Waals surface area contributed by atoms with Crippen LogP contribution >= 0.6 is 8.60 Å². The van der Waals surface area contributed by atoms with Crippen molar-refractivity contribution in [2.75, 3.05) is 32.2 Å². The molecule has 1 fully saturated rings. The second-order valence-electron chi connectivity index (χ2n) is 13.1. The van der Waals surface area contributed by atoms with Crippen LogP contribution in [-0.2, 0) is 29.9 Å². The number of hydrogen-bond donors (Lipinski definition) is 2. The van der Waals surface area contributed by atoms with E-state index in [2.05, 4.69) is 17.0 Å². The Morgan fingerprint density at radius 2 is 1.72 bits per heavy atom. The maximum Gasteiger partial charge on any atom is 0.330 e. The first-order valence-electron chi connectivity index (χ1n) is 18.3. The van der Waals surface area contributed by atoms with Crippen molar-refractivity contribution in [3.63, 3.8) is 0 Å². The average molecular weight is 716 g/mol. The number of nitrogens with two attached hydrogens (primary N) is 1. The fourth-order valence-corrected chi connectivity index (χ4v) is 6.85. The van der Waals surface area contributed by atoms with Crippen molar-refractivity contribution < 1.29 is 32.5 Å². The van der Waals surface area contributed by atoms with E-state index in [-0.39, 0.29) is 44.2 Å². The Morgan fingerprint density at radius 3 is 2.44 bits per heavy atom. The van der Waals surface area contributed by atoms with Crippen LogP contribution in [0, 0.1) is 17.1 Å². The summed E-state index contributed by atoms with van der Waals surface area (Å²) in [6, 6.07) is 9.87. The lowest BCUT2D eigenvalue weighted by atomic mass is 10.0. The number of anilines is 1. The van der Waals surface area contributed by atoms with Crippen molar-refractivity contribution in [1.82, 2.24) is 14.6 Å². The molecule has 3 N–H and O–H groups in total. The zero-order chi connectivity index (χ0) is 35.4. The van der Waals surface area contributed by atoms with Crippen LogP contribution < -0.4 is 5.73 Å². The van der Waals surface area contributed by atoms with Crippen LogP contribution in [-0.4, -0.2) is 58.1 Å². The van der Waals surface area contributed by atoms with E-state index in [0.717, 1.165) is 36.9 Å². The van der Waals surface area contributed by atoms with Gasteiger partial charge in [-0.3, -0.25) is 0 Å². The van der Waals surface area contributed by atoms with Crippen LogP contribution in [0.4, 0.5) is 10.2 Å². The molecule has 1 aromatic carbocycles. The van der Waals surface area contributed by atoms with Crippen molar-refractivity contribution >= 4 is 19.9 Å². The second kappa shape index (κ2) is 22.9. The Kier molecular flexibility index (Phi) is 18.4. The number of benzene rings is 1. The Bertz CT molecular complexity index is 1440. The molecule has 3 aromatic rings. The molecule has 0 amide bonds. The zero-order valence-corrected chi connectivity index (χ0v) is 30.4. The summed E-state index contributed by atoms with van der Waals surface area (Å²) in [6.07, 6.45) is 18.7. The highest BCUT2D eigenvalue weighted by Crippen LogP contribution is 2.38. The molecule has 11 nitrogen and oxygen atoms in total. The van der Waals surface area contributed by atoms with Crippen LogP contribution in [0.1, 0.15) is 126 Å². The molecule has 1 aliphatic heterocycles. The van der Waals surface area contributed by atoms with E-state index in [4.69, 9.17) is 29.0 Å². The fraction of sp³-hybridized carbons (Fsp3) is 0.649. The second-order valence-corrected chi connectivity index (χ2v) is 14.1. The number of nitriles is 1. The van der Waals surface area contributed by atoms with E-state index in [1.165, 1.54) is 89.1 Å². The lowest BCUT2D eigenvalue weighted by Gasteiger charge is -2.20. The Hall–Kier alpha value is -2.75. The summed E-state index contributed by atoms with van der Waals surface area (Å²) in [5.74, 6) is -0.0948. The summed E-state index contributed by atoms with van der Waals surface area (Å²) in [7, 11) is -2.20. The maximum absolute atomic E-state index is 14.0. The molecule has 1 saturated heterocycles. The van der Waals surface area contributed by atoms with Crippen molar-refractivity contribution in [1.29, 1.82) is 5.26 Å². The van der Waals surface area contributed by atoms with Crippen molar-refractivity contribution in [2.24, 2.45) is 0 Å². The molecule has 2 aromatic heterocycles. The molecule has 4 atom stereocenters. The summed E-state index contributed by atoms with van der Waals surface area (Å²) in [6.45, 7) is 3.35. The third-order valence-corrected chi connectivity index (χ3v) is 9.70. The standard InChI is InChI=1S/C37H55FN5O6P/c1-2-3-4-5-6-7-8-9-10-11-12-13-14-19-45-25-33(46-24-30-20-29(23-39)21-31(38)22-30)27-48-50(44)47-26-32-15-18-36(49-32)34-16-17-35-37(40)41-28-42-43(34)35/h16-17,20-22,28,32-33,36,44H,2-15,18-19,24-27H2,1H3,(H2,40,41,42). The van der Waals surface area contributed by atoms with E-state index in [1.807, 2.05) is 18.2 Å². The van der Waals surface area contributed by atoms with Crippen LogP contribution in [0.15, 0.2) is 36.7 Å². The molecule has 3 heterocycles. The van der Waals surface area contributed by atoms with E-state index >= 15 is 0 Å². The first kappa shape index (κ1) is 40.0. The molecule has 4 rings (SSSR count). The van der Waals surface area contributed by atoms with E-state index in [0.29, 0.717) is 18.0 Å². The highest BCUT2D eigenvalue weighted by atomic mass is 31.2. The van der Waals surface area contributed by atoms with Gasteiger partial charge in [0.05, 0.1) is 49.9 Å². The molecule has 1 aliphatic rings. The Balaban J connectivity index is 1.13. The molecule has 0 aliphatic carbocycles. The smallest absolute Gasteiger partial charge is 0.330 e. The van der Waals surface area contributed by atoms with Gasteiger partial charge in [0, 0.05) is 6.61 Å². The molecule has 0 saturated carbocycles. The number of rotatable bonds is 26. The molecule has 0 radical (unpaired) electrons. The summed E-state index contributed by atoms with van der Waals surface area (Å²) < 4.78 is 45.1. The molecule has 276 valence electrons. The molecular formula is C37H55FN5O6P. The average Bonchev–Trinajstić information content (AvgIpc) is 3.77. The third kappa shape index (κ3) is 14.1. The molecule has 0 spiro atoms. The van der Waals surface area contributed by atoms with Crippen molar-refractivity contribution in [3.05, 3.63) is 59.3 Å². The Labute approximate surface area is 297 Å². The van der Waals surface area contributed by atoms with Gasteiger partial charge in [-0.2, -0.15) is 10.4 Å². The SMILES string of the molecule is CCCCCCCCCCCCCCCOCC(COP(O)OCC1CCC(c2ccc3c(N)ncnn23)O1)OCc1cc(F)cc(C#N)c1. The number of fused-ring (bicyclic) bond motifs is 1. The lowest BCUT2D eigenvalue weighted by Crippen LogP contribution is -2.25. The van der Waals surface area contributed by atoms with Gasteiger partial charge in [0.1, 0.15) is 29.9 Å². The van der Waals surface area contributed by atoms with Gasteiger partial charge in [0.25, 0.3) is 0 Å². The molecule has 50 heavy (non-hydrogen) atoms. The van der Waals surface area contributed by atoms with E-state index in [1.54, 1.807) is 10.6 Å². The predicted molar refractivity (Wildman–Crippen MR) is 191 cm³/mol. The van der Waals surface area contributed by atoms with Gasteiger partial charge >= 0.3 is 8.60 Å². The van der Waals surface area contributed by atoms with Crippen LogP contribution in [0.25, 0.3) is 5.52 Å². The molecule has 13 heteroatoms.